The van der Waals surface area contributed by atoms with Crippen LogP contribution in [-0.2, 0) is 9.59 Å². The van der Waals surface area contributed by atoms with Crippen molar-refractivity contribution in [3.8, 4) is 11.5 Å². The quantitative estimate of drug-likeness (QED) is 0.633. The van der Waals surface area contributed by atoms with Gasteiger partial charge < -0.3 is 14.8 Å². The first kappa shape index (κ1) is 18.3. The largest absolute Gasteiger partial charge is 0.454 e. The van der Waals surface area contributed by atoms with Crippen LogP contribution in [0.5, 0.6) is 11.5 Å². The lowest BCUT2D eigenvalue weighted by Gasteiger charge is -2.16. The number of para-hydroxylation sites is 1. The van der Waals surface area contributed by atoms with Crippen molar-refractivity contribution in [3.63, 3.8) is 0 Å². The van der Waals surface area contributed by atoms with Gasteiger partial charge in [0.25, 0.3) is 11.8 Å². The van der Waals surface area contributed by atoms with E-state index in [2.05, 4.69) is 5.32 Å². The molecule has 1 N–H and O–H groups in total. The maximum absolute atomic E-state index is 13.4. The molecule has 2 aliphatic heterocycles. The molecule has 0 spiro atoms. The van der Waals surface area contributed by atoms with Crippen molar-refractivity contribution in [2.45, 2.75) is 0 Å². The van der Waals surface area contributed by atoms with Crippen LogP contribution in [0, 0.1) is 0 Å². The summed E-state index contributed by atoms with van der Waals surface area (Å²) < 4.78 is 10.7. The Hall–Kier alpha value is -3.77. The predicted octanol–water partition coefficient (Wildman–Crippen LogP) is 4.47. The van der Waals surface area contributed by atoms with Gasteiger partial charge in [0.2, 0.25) is 6.79 Å². The zero-order chi connectivity index (χ0) is 20.7. The number of amides is 2. The second-order valence-electron chi connectivity index (χ2n) is 6.71. The second kappa shape index (κ2) is 7.24. The Kier molecular flexibility index (Phi) is 4.41. The number of halogens is 1. The molecule has 2 heterocycles. The smallest absolute Gasteiger partial charge is 0.282 e. The maximum atomic E-state index is 13.4. The Balaban J connectivity index is 1.60. The first-order valence-corrected chi connectivity index (χ1v) is 9.61. The highest BCUT2D eigenvalue weighted by atomic mass is 35.5. The normalized spacial score (nSPS) is 15.2. The predicted molar refractivity (Wildman–Crippen MR) is 113 cm³/mol. The van der Waals surface area contributed by atoms with Crippen LogP contribution in [0.4, 0.5) is 11.4 Å². The number of rotatable bonds is 4. The van der Waals surface area contributed by atoms with Crippen molar-refractivity contribution in [3.05, 3.63) is 89.1 Å². The van der Waals surface area contributed by atoms with Crippen molar-refractivity contribution in [2.24, 2.45) is 0 Å². The number of anilines is 2. The van der Waals surface area contributed by atoms with E-state index >= 15 is 0 Å². The fourth-order valence-electron chi connectivity index (χ4n) is 3.49. The number of fused-ring (bicyclic) bond motifs is 1. The van der Waals surface area contributed by atoms with Gasteiger partial charge in [-0.25, -0.2) is 4.90 Å². The summed E-state index contributed by atoms with van der Waals surface area (Å²) in [5.41, 5.74) is 2.02. The molecule has 3 aromatic rings. The Morgan fingerprint density at radius 2 is 1.57 bits per heavy atom. The molecule has 2 amide bonds. The lowest BCUT2D eigenvalue weighted by atomic mass is 10.0. The molecule has 0 radical (unpaired) electrons. The average Bonchev–Trinajstić information content (AvgIpc) is 3.32. The van der Waals surface area contributed by atoms with Crippen LogP contribution in [0.1, 0.15) is 5.56 Å². The van der Waals surface area contributed by atoms with Gasteiger partial charge in [-0.3, -0.25) is 9.59 Å². The molecule has 5 rings (SSSR count). The van der Waals surface area contributed by atoms with E-state index in [1.54, 1.807) is 54.6 Å². The third-order valence-corrected chi connectivity index (χ3v) is 5.20. The molecule has 2 aliphatic rings. The zero-order valence-corrected chi connectivity index (χ0v) is 16.3. The number of imide groups is 1. The third kappa shape index (κ3) is 2.98. The van der Waals surface area contributed by atoms with Gasteiger partial charge in [0, 0.05) is 11.8 Å². The van der Waals surface area contributed by atoms with Gasteiger partial charge in [0.05, 0.1) is 16.3 Å². The molecule has 0 aliphatic carbocycles. The molecule has 7 heteroatoms. The van der Waals surface area contributed by atoms with Crippen LogP contribution >= 0.6 is 11.6 Å². The zero-order valence-electron chi connectivity index (χ0n) is 15.6. The Morgan fingerprint density at radius 1 is 0.833 bits per heavy atom. The maximum Gasteiger partial charge on any atom is 0.282 e. The summed E-state index contributed by atoms with van der Waals surface area (Å²) in [6.45, 7) is 0.147. The average molecular weight is 419 g/mol. The van der Waals surface area contributed by atoms with Gasteiger partial charge in [0.15, 0.2) is 11.5 Å². The van der Waals surface area contributed by atoms with Crippen LogP contribution in [-0.4, -0.2) is 18.6 Å². The van der Waals surface area contributed by atoms with Gasteiger partial charge in [-0.05, 0) is 29.8 Å². The number of nitrogens with zero attached hydrogens (tertiary/aromatic N) is 1. The molecule has 0 atom stereocenters. The molecule has 30 heavy (non-hydrogen) atoms. The number of carbonyl (C=O) groups is 2. The molecule has 0 aromatic heterocycles. The topological polar surface area (TPSA) is 67.9 Å². The van der Waals surface area contributed by atoms with Crippen molar-refractivity contribution in [1.29, 1.82) is 0 Å². The summed E-state index contributed by atoms with van der Waals surface area (Å²) in [5, 5.41) is 3.42. The van der Waals surface area contributed by atoms with Crippen LogP contribution in [0.3, 0.4) is 0 Å². The number of nitrogens with one attached hydrogen (secondary N) is 1. The standard InChI is InChI=1S/C23H15ClN2O4/c24-16-8-4-5-9-17(16)26-22(27)20(14-6-2-1-3-7-14)21(23(26)28)25-15-10-11-18-19(12-15)30-13-29-18/h1-12,25H,13H2. The van der Waals surface area contributed by atoms with Crippen LogP contribution in [0.15, 0.2) is 78.5 Å². The van der Waals surface area contributed by atoms with Crippen LogP contribution < -0.4 is 19.7 Å². The molecular formula is C23H15ClN2O4. The number of hydrogen-bond acceptors (Lipinski definition) is 5. The van der Waals surface area contributed by atoms with Crippen molar-refractivity contribution in [1.82, 2.24) is 0 Å². The van der Waals surface area contributed by atoms with E-state index in [4.69, 9.17) is 21.1 Å². The van der Waals surface area contributed by atoms with E-state index in [1.807, 2.05) is 18.2 Å². The summed E-state index contributed by atoms with van der Waals surface area (Å²) in [4.78, 5) is 27.8. The molecule has 148 valence electrons. The molecule has 3 aromatic carbocycles. The Morgan fingerprint density at radius 3 is 2.37 bits per heavy atom. The number of hydrogen-bond donors (Lipinski definition) is 1. The van der Waals surface area contributed by atoms with E-state index in [1.165, 1.54) is 0 Å². The van der Waals surface area contributed by atoms with Gasteiger partial charge in [-0.15, -0.1) is 0 Å². The fraction of sp³-hybridized carbons (Fsp3) is 0.0435. The minimum atomic E-state index is -0.482. The molecule has 0 unspecified atom stereocenters. The van der Waals surface area contributed by atoms with E-state index < -0.39 is 11.8 Å². The van der Waals surface area contributed by atoms with E-state index in [0.717, 1.165) is 4.90 Å². The van der Waals surface area contributed by atoms with E-state index in [0.29, 0.717) is 33.5 Å². The number of ether oxygens (including phenoxy) is 2. The molecule has 6 nitrogen and oxygen atoms in total. The summed E-state index contributed by atoms with van der Waals surface area (Å²) in [6.07, 6.45) is 0. The summed E-state index contributed by atoms with van der Waals surface area (Å²) in [6, 6.07) is 21.1. The lowest BCUT2D eigenvalue weighted by Crippen LogP contribution is -2.32. The molecule has 0 bridgehead atoms. The van der Waals surface area contributed by atoms with Gasteiger partial charge in [-0.2, -0.15) is 0 Å². The highest BCUT2D eigenvalue weighted by Gasteiger charge is 2.41. The summed E-state index contributed by atoms with van der Waals surface area (Å²) in [5.74, 6) is 0.276. The lowest BCUT2D eigenvalue weighted by molar-refractivity contribution is -0.120. The van der Waals surface area contributed by atoms with Crippen molar-refractivity contribution < 1.29 is 19.1 Å². The first-order valence-electron chi connectivity index (χ1n) is 9.23. The fourth-order valence-corrected chi connectivity index (χ4v) is 3.71. The van der Waals surface area contributed by atoms with Crippen molar-refractivity contribution >= 4 is 40.4 Å². The van der Waals surface area contributed by atoms with Gasteiger partial charge >= 0.3 is 0 Å². The minimum Gasteiger partial charge on any atom is -0.454 e. The molecule has 0 saturated carbocycles. The van der Waals surface area contributed by atoms with Crippen LogP contribution in [0.2, 0.25) is 5.02 Å². The highest BCUT2D eigenvalue weighted by Crippen LogP contribution is 2.38. The third-order valence-electron chi connectivity index (χ3n) is 4.88. The molecular weight excluding hydrogens is 404 g/mol. The first-order chi connectivity index (χ1) is 14.6. The van der Waals surface area contributed by atoms with Crippen LogP contribution in [0.25, 0.3) is 5.57 Å². The summed E-state index contributed by atoms with van der Waals surface area (Å²) >= 11 is 6.29. The summed E-state index contributed by atoms with van der Waals surface area (Å²) in [7, 11) is 0. The van der Waals surface area contributed by atoms with Crippen molar-refractivity contribution in [2.75, 3.05) is 17.0 Å². The van der Waals surface area contributed by atoms with Gasteiger partial charge in [-0.1, -0.05) is 54.1 Å². The molecule has 0 fully saturated rings. The molecule has 0 saturated heterocycles. The number of benzene rings is 3. The number of carbonyl (C=O) groups excluding carboxylic acids is 2. The Bertz CT molecular complexity index is 1210. The Labute approximate surface area is 177 Å². The minimum absolute atomic E-state index is 0.147. The van der Waals surface area contributed by atoms with E-state index in [9.17, 15) is 9.59 Å². The second-order valence-corrected chi connectivity index (χ2v) is 7.11. The highest BCUT2D eigenvalue weighted by molar-refractivity contribution is 6.48. The SMILES string of the molecule is O=C1C(Nc2ccc3c(c2)OCO3)=C(c2ccccc2)C(=O)N1c1ccccc1Cl. The monoisotopic (exact) mass is 418 g/mol. The van der Waals surface area contributed by atoms with E-state index in [-0.39, 0.29) is 18.1 Å². The van der Waals surface area contributed by atoms with Gasteiger partial charge in [0.1, 0.15) is 5.70 Å².